The Bertz CT molecular complexity index is 392. The van der Waals surface area contributed by atoms with Crippen molar-refractivity contribution in [1.82, 2.24) is 4.90 Å². The monoisotopic (exact) mass is 278 g/mol. The lowest BCUT2D eigenvalue weighted by Gasteiger charge is -2.21. The number of unbranched alkanes of at least 4 members (excludes halogenated alkanes) is 2. The first-order valence-corrected chi connectivity index (χ1v) is 8.17. The van der Waals surface area contributed by atoms with Gasteiger partial charge in [-0.2, -0.15) is 0 Å². The molecule has 0 unspecified atom stereocenters. The highest BCUT2D eigenvalue weighted by Gasteiger charge is 2.09. The van der Waals surface area contributed by atoms with Gasteiger partial charge in [-0.15, -0.1) is 11.3 Å². The molecule has 0 bridgehead atoms. The van der Waals surface area contributed by atoms with E-state index in [0.29, 0.717) is 6.54 Å². The van der Waals surface area contributed by atoms with E-state index in [-0.39, 0.29) is 0 Å². The Labute approximate surface area is 122 Å². The van der Waals surface area contributed by atoms with Gasteiger partial charge in [0.2, 0.25) is 0 Å². The maximum atomic E-state index is 5.45. The molecule has 106 valence electrons. The lowest BCUT2D eigenvalue weighted by Crippen LogP contribution is -2.25. The van der Waals surface area contributed by atoms with E-state index in [0.717, 1.165) is 12.1 Å². The van der Waals surface area contributed by atoms with Crippen LogP contribution in [0.15, 0.2) is 11.4 Å². The van der Waals surface area contributed by atoms with Crippen molar-refractivity contribution in [2.75, 3.05) is 19.6 Å². The van der Waals surface area contributed by atoms with Crippen LogP contribution in [-0.2, 0) is 6.54 Å². The highest BCUT2D eigenvalue weighted by Crippen LogP contribution is 2.18. The minimum atomic E-state index is 0.435. The minimum Gasteiger partial charge on any atom is -0.320 e. The van der Waals surface area contributed by atoms with E-state index in [1.165, 1.54) is 43.6 Å². The average molecular weight is 278 g/mol. The molecule has 0 spiro atoms. The molecule has 1 rings (SSSR count). The van der Waals surface area contributed by atoms with Crippen LogP contribution in [-0.4, -0.2) is 24.5 Å². The van der Waals surface area contributed by atoms with E-state index < -0.39 is 0 Å². The molecule has 3 heteroatoms. The summed E-state index contributed by atoms with van der Waals surface area (Å²) in [4.78, 5) is 3.94. The molecule has 1 aromatic heterocycles. The Hall–Kier alpha value is -0.820. The maximum Gasteiger partial charge on any atom is 0.0555 e. The van der Waals surface area contributed by atoms with Crippen LogP contribution < -0.4 is 5.73 Å². The molecule has 0 fully saturated rings. The van der Waals surface area contributed by atoms with E-state index in [2.05, 4.69) is 42.0 Å². The SMILES string of the molecule is CCCCN(CCCC)Cc1sccc1C#CCN. The third-order valence-corrected chi connectivity index (χ3v) is 4.00. The molecule has 0 saturated carbocycles. The molecule has 1 aromatic rings. The fourth-order valence-corrected chi connectivity index (χ4v) is 2.83. The Morgan fingerprint density at radius 2 is 1.89 bits per heavy atom. The van der Waals surface area contributed by atoms with E-state index in [1.54, 1.807) is 0 Å². The summed E-state index contributed by atoms with van der Waals surface area (Å²) in [6.07, 6.45) is 5.07. The highest BCUT2D eigenvalue weighted by atomic mass is 32.1. The van der Waals surface area contributed by atoms with Gasteiger partial charge in [0.25, 0.3) is 0 Å². The molecule has 0 aliphatic carbocycles. The summed E-state index contributed by atoms with van der Waals surface area (Å²) in [5.74, 6) is 6.14. The molecule has 0 atom stereocenters. The number of hydrogen-bond donors (Lipinski definition) is 1. The first-order valence-electron chi connectivity index (χ1n) is 7.29. The summed E-state index contributed by atoms with van der Waals surface area (Å²) in [7, 11) is 0. The van der Waals surface area contributed by atoms with Crippen LogP contribution in [0.4, 0.5) is 0 Å². The van der Waals surface area contributed by atoms with E-state index in [4.69, 9.17) is 5.73 Å². The van der Waals surface area contributed by atoms with Crippen molar-refractivity contribution in [2.45, 2.75) is 46.1 Å². The quantitative estimate of drug-likeness (QED) is 0.738. The standard InChI is InChI=1S/C16H26N2S/c1-3-5-11-18(12-6-4-2)14-16-15(8-7-10-17)9-13-19-16/h9,13H,3-6,10-12,14,17H2,1-2H3. The summed E-state index contributed by atoms with van der Waals surface area (Å²) in [6.45, 7) is 8.36. The van der Waals surface area contributed by atoms with Crippen LogP contribution >= 0.6 is 11.3 Å². The van der Waals surface area contributed by atoms with Crippen molar-refractivity contribution in [3.8, 4) is 11.8 Å². The molecule has 1 heterocycles. The minimum absolute atomic E-state index is 0.435. The summed E-state index contributed by atoms with van der Waals surface area (Å²) >= 11 is 1.81. The van der Waals surface area contributed by atoms with Crippen molar-refractivity contribution in [1.29, 1.82) is 0 Å². The van der Waals surface area contributed by atoms with Crippen LogP contribution in [0.2, 0.25) is 0 Å². The van der Waals surface area contributed by atoms with Gasteiger partial charge in [0.05, 0.1) is 6.54 Å². The fraction of sp³-hybridized carbons (Fsp3) is 0.625. The smallest absolute Gasteiger partial charge is 0.0555 e. The maximum absolute atomic E-state index is 5.45. The topological polar surface area (TPSA) is 29.3 Å². The zero-order valence-electron chi connectivity index (χ0n) is 12.2. The van der Waals surface area contributed by atoms with Gasteiger partial charge in [0, 0.05) is 17.0 Å². The van der Waals surface area contributed by atoms with Crippen molar-refractivity contribution in [3.05, 3.63) is 21.9 Å². The summed E-state index contributed by atoms with van der Waals surface area (Å²) in [5, 5.41) is 2.13. The molecule has 2 N–H and O–H groups in total. The van der Waals surface area contributed by atoms with Crippen LogP contribution in [0.25, 0.3) is 0 Å². The van der Waals surface area contributed by atoms with Crippen LogP contribution in [0, 0.1) is 11.8 Å². The van der Waals surface area contributed by atoms with E-state index in [1.807, 2.05) is 11.3 Å². The molecule has 0 amide bonds. The normalized spacial score (nSPS) is 10.5. The first kappa shape index (κ1) is 16.2. The zero-order valence-corrected chi connectivity index (χ0v) is 13.1. The van der Waals surface area contributed by atoms with E-state index in [9.17, 15) is 0 Å². The van der Waals surface area contributed by atoms with Gasteiger partial charge < -0.3 is 5.73 Å². The van der Waals surface area contributed by atoms with Gasteiger partial charge in [-0.3, -0.25) is 4.90 Å². The first-order chi connectivity index (χ1) is 9.31. The van der Waals surface area contributed by atoms with Gasteiger partial charge in [-0.05, 0) is 37.4 Å². The second-order valence-electron chi connectivity index (χ2n) is 4.75. The molecule has 0 saturated heterocycles. The van der Waals surface area contributed by atoms with Crippen LogP contribution in [0.1, 0.15) is 50.0 Å². The van der Waals surface area contributed by atoms with E-state index >= 15 is 0 Å². The number of nitrogens with zero attached hydrogens (tertiary/aromatic N) is 1. The zero-order chi connectivity index (χ0) is 13.9. The van der Waals surface area contributed by atoms with Crippen LogP contribution in [0.3, 0.4) is 0 Å². The van der Waals surface area contributed by atoms with Gasteiger partial charge in [-0.1, -0.05) is 38.5 Å². The molecule has 0 radical (unpaired) electrons. The second-order valence-corrected chi connectivity index (χ2v) is 5.75. The Balaban J connectivity index is 2.63. The second kappa shape index (κ2) is 10.0. The summed E-state index contributed by atoms with van der Waals surface area (Å²) < 4.78 is 0. The third kappa shape index (κ3) is 6.24. The Morgan fingerprint density at radius 3 is 2.47 bits per heavy atom. The number of hydrogen-bond acceptors (Lipinski definition) is 3. The fourth-order valence-electron chi connectivity index (χ4n) is 1.96. The predicted octanol–water partition coefficient (Wildman–Crippen LogP) is 3.46. The molecule has 19 heavy (non-hydrogen) atoms. The van der Waals surface area contributed by atoms with Crippen molar-refractivity contribution >= 4 is 11.3 Å². The highest BCUT2D eigenvalue weighted by molar-refractivity contribution is 7.10. The largest absolute Gasteiger partial charge is 0.320 e. The third-order valence-electron chi connectivity index (χ3n) is 3.09. The average Bonchev–Trinajstić information content (AvgIpc) is 2.86. The van der Waals surface area contributed by atoms with Crippen molar-refractivity contribution < 1.29 is 0 Å². The summed E-state index contributed by atoms with van der Waals surface area (Å²) in [6, 6.07) is 2.11. The number of rotatable bonds is 8. The molecule has 0 aliphatic rings. The Morgan fingerprint density at radius 1 is 1.21 bits per heavy atom. The van der Waals surface area contributed by atoms with Crippen molar-refractivity contribution in [2.24, 2.45) is 5.73 Å². The Kier molecular flexibility index (Phi) is 8.57. The molecular weight excluding hydrogens is 252 g/mol. The summed E-state index contributed by atoms with van der Waals surface area (Å²) in [5.41, 5.74) is 6.61. The van der Waals surface area contributed by atoms with Gasteiger partial charge in [-0.25, -0.2) is 0 Å². The van der Waals surface area contributed by atoms with Crippen molar-refractivity contribution in [3.63, 3.8) is 0 Å². The van der Waals surface area contributed by atoms with Gasteiger partial charge >= 0.3 is 0 Å². The lowest BCUT2D eigenvalue weighted by molar-refractivity contribution is 0.259. The number of thiophene rings is 1. The molecule has 0 aromatic carbocycles. The van der Waals surface area contributed by atoms with Gasteiger partial charge in [0.1, 0.15) is 0 Å². The lowest BCUT2D eigenvalue weighted by atomic mass is 10.2. The molecule has 2 nitrogen and oxygen atoms in total. The molecular formula is C16H26N2S. The number of nitrogens with two attached hydrogens (primary N) is 1. The van der Waals surface area contributed by atoms with Crippen LogP contribution in [0.5, 0.6) is 0 Å². The predicted molar refractivity (Wildman–Crippen MR) is 85.3 cm³/mol. The molecule has 0 aliphatic heterocycles. The van der Waals surface area contributed by atoms with Gasteiger partial charge in [0.15, 0.2) is 0 Å².